The van der Waals surface area contributed by atoms with E-state index in [1.54, 1.807) is 6.92 Å². The topological polar surface area (TPSA) is 26.3 Å². The summed E-state index contributed by atoms with van der Waals surface area (Å²) in [6.07, 6.45) is 5.90. The minimum absolute atomic E-state index is 0.205. The van der Waals surface area contributed by atoms with Crippen molar-refractivity contribution in [2.24, 2.45) is 5.41 Å². The Morgan fingerprint density at radius 2 is 1.93 bits per heavy atom. The number of hydrogen-bond donors (Lipinski definition) is 0. The number of hydrogen-bond acceptors (Lipinski definition) is 2. The van der Waals surface area contributed by atoms with Crippen LogP contribution < -0.4 is 0 Å². The van der Waals surface area contributed by atoms with Crippen LogP contribution in [0.1, 0.15) is 46.0 Å². The standard InChI is InChI=1S/C12H18O2/c1-9(2)10(13)14-11(3)5-4-6-12(11)7-8-12/h1,4-8H2,2-3H3. The highest BCUT2D eigenvalue weighted by molar-refractivity contribution is 5.87. The van der Waals surface area contributed by atoms with Gasteiger partial charge in [-0.15, -0.1) is 0 Å². The second kappa shape index (κ2) is 2.85. The molecule has 2 heteroatoms. The first-order valence-corrected chi connectivity index (χ1v) is 5.38. The van der Waals surface area contributed by atoms with Crippen LogP contribution in [0.5, 0.6) is 0 Å². The van der Waals surface area contributed by atoms with Gasteiger partial charge in [-0.05, 0) is 46.0 Å². The van der Waals surface area contributed by atoms with Crippen molar-refractivity contribution in [3.8, 4) is 0 Å². The lowest BCUT2D eigenvalue weighted by Crippen LogP contribution is -2.37. The van der Waals surface area contributed by atoms with Crippen molar-refractivity contribution >= 4 is 5.97 Å². The molecule has 2 rings (SSSR count). The monoisotopic (exact) mass is 194 g/mol. The zero-order valence-corrected chi connectivity index (χ0v) is 9.06. The summed E-state index contributed by atoms with van der Waals surface area (Å²) < 4.78 is 5.60. The summed E-state index contributed by atoms with van der Waals surface area (Å²) in [6, 6.07) is 0. The molecular weight excluding hydrogens is 176 g/mol. The van der Waals surface area contributed by atoms with Crippen LogP contribution in [0, 0.1) is 5.41 Å². The Bertz CT molecular complexity index is 289. The van der Waals surface area contributed by atoms with Gasteiger partial charge in [-0.25, -0.2) is 4.79 Å². The quantitative estimate of drug-likeness (QED) is 0.499. The van der Waals surface area contributed by atoms with Crippen LogP contribution in [-0.4, -0.2) is 11.6 Å². The number of carbonyl (C=O) groups excluding carboxylic acids is 1. The van der Waals surface area contributed by atoms with Gasteiger partial charge in [-0.3, -0.25) is 0 Å². The molecule has 0 aromatic rings. The van der Waals surface area contributed by atoms with Crippen LogP contribution in [0.4, 0.5) is 0 Å². The van der Waals surface area contributed by atoms with Gasteiger partial charge in [-0.2, -0.15) is 0 Å². The zero-order chi connectivity index (χ0) is 10.4. The predicted molar refractivity (Wildman–Crippen MR) is 54.8 cm³/mol. The summed E-state index contributed by atoms with van der Waals surface area (Å²) >= 11 is 0. The van der Waals surface area contributed by atoms with Gasteiger partial charge >= 0.3 is 5.97 Å². The molecule has 2 aliphatic carbocycles. The van der Waals surface area contributed by atoms with E-state index >= 15 is 0 Å². The fourth-order valence-electron chi connectivity index (χ4n) is 2.67. The van der Waals surface area contributed by atoms with Crippen molar-refractivity contribution in [3.63, 3.8) is 0 Å². The van der Waals surface area contributed by atoms with Crippen LogP contribution in [0.15, 0.2) is 12.2 Å². The molecule has 0 bridgehead atoms. The van der Waals surface area contributed by atoms with E-state index < -0.39 is 0 Å². The van der Waals surface area contributed by atoms with Gasteiger partial charge in [0.1, 0.15) is 5.60 Å². The summed E-state index contributed by atoms with van der Waals surface area (Å²) in [4.78, 5) is 11.5. The Hall–Kier alpha value is -0.790. The molecule has 2 saturated carbocycles. The minimum Gasteiger partial charge on any atom is -0.455 e. The minimum atomic E-state index is -0.222. The molecule has 14 heavy (non-hydrogen) atoms. The number of rotatable bonds is 2. The molecule has 0 heterocycles. The van der Waals surface area contributed by atoms with E-state index in [1.807, 2.05) is 0 Å². The first-order chi connectivity index (χ1) is 6.49. The number of esters is 1. The summed E-state index contributed by atoms with van der Waals surface area (Å²) in [7, 11) is 0. The van der Waals surface area contributed by atoms with Gasteiger partial charge in [0.15, 0.2) is 0 Å². The Balaban J connectivity index is 2.09. The largest absolute Gasteiger partial charge is 0.455 e. The molecule has 1 unspecified atom stereocenters. The maximum absolute atomic E-state index is 11.5. The van der Waals surface area contributed by atoms with Crippen LogP contribution in [0.3, 0.4) is 0 Å². The Morgan fingerprint density at radius 1 is 1.29 bits per heavy atom. The lowest BCUT2D eigenvalue weighted by Gasteiger charge is -2.31. The highest BCUT2D eigenvalue weighted by Crippen LogP contribution is 2.64. The van der Waals surface area contributed by atoms with Gasteiger partial charge in [0.25, 0.3) is 0 Å². The van der Waals surface area contributed by atoms with E-state index in [1.165, 1.54) is 25.7 Å². The smallest absolute Gasteiger partial charge is 0.333 e. The van der Waals surface area contributed by atoms with Gasteiger partial charge in [-0.1, -0.05) is 6.58 Å². The van der Waals surface area contributed by atoms with E-state index in [2.05, 4.69) is 13.5 Å². The van der Waals surface area contributed by atoms with Crippen LogP contribution >= 0.6 is 0 Å². The van der Waals surface area contributed by atoms with Gasteiger partial charge in [0.2, 0.25) is 0 Å². The maximum atomic E-state index is 11.5. The van der Waals surface area contributed by atoms with Gasteiger partial charge < -0.3 is 4.74 Å². The Morgan fingerprint density at radius 3 is 2.43 bits per heavy atom. The van der Waals surface area contributed by atoms with Crippen LogP contribution in [0.25, 0.3) is 0 Å². The number of ether oxygens (including phenoxy) is 1. The van der Waals surface area contributed by atoms with Crippen molar-refractivity contribution in [1.29, 1.82) is 0 Å². The predicted octanol–water partition coefficient (Wildman–Crippen LogP) is 2.83. The van der Waals surface area contributed by atoms with Crippen molar-refractivity contribution in [2.45, 2.75) is 51.6 Å². The zero-order valence-electron chi connectivity index (χ0n) is 9.06. The molecule has 2 aliphatic rings. The molecule has 0 aliphatic heterocycles. The van der Waals surface area contributed by atoms with Crippen molar-refractivity contribution < 1.29 is 9.53 Å². The average Bonchev–Trinajstić information content (AvgIpc) is 2.78. The molecule has 0 saturated heterocycles. The van der Waals surface area contributed by atoms with Crippen molar-refractivity contribution in [3.05, 3.63) is 12.2 Å². The van der Waals surface area contributed by atoms with Crippen molar-refractivity contribution in [2.75, 3.05) is 0 Å². The third-order valence-electron chi connectivity index (χ3n) is 3.95. The van der Waals surface area contributed by atoms with E-state index in [0.717, 1.165) is 6.42 Å². The molecule has 0 radical (unpaired) electrons. The summed E-state index contributed by atoms with van der Waals surface area (Å²) in [5.41, 5.74) is 0.634. The van der Waals surface area contributed by atoms with Gasteiger partial charge in [0.05, 0.1) is 0 Å². The molecule has 1 spiro atoms. The summed E-state index contributed by atoms with van der Waals surface area (Å²) in [5, 5.41) is 0. The average molecular weight is 194 g/mol. The molecular formula is C12H18O2. The van der Waals surface area contributed by atoms with Crippen molar-refractivity contribution in [1.82, 2.24) is 0 Å². The molecule has 0 N–H and O–H groups in total. The lowest BCUT2D eigenvalue weighted by molar-refractivity contribution is -0.158. The lowest BCUT2D eigenvalue weighted by atomic mass is 9.89. The Labute approximate surface area is 85.3 Å². The van der Waals surface area contributed by atoms with E-state index in [0.29, 0.717) is 11.0 Å². The highest BCUT2D eigenvalue weighted by atomic mass is 16.6. The van der Waals surface area contributed by atoms with E-state index in [9.17, 15) is 4.79 Å². The van der Waals surface area contributed by atoms with E-state index in [-0.39, 0.29) is 11.6 Å². The van der Waals surface area contributed by atoms with Crippen LogP contribution in [-0.2, 0) is 9.53 Å². The normalized spacial score (nSPS) is 33.0. The molecule has 0 aromatic carbocycles. The molecule has 2 nitrogen and oxygen atoms in total. The third-order valence-corrected chi connectivity index (χ3v) is 3.95. The van der Waals surface area contributed by atoms with Crippen LogP contribution in [0.2, 0.25) is 0 Å². The fourth-order valence-corrected chi connectivity index (χ4v) is 2.67. The highest BCUT2D eigenvalue weighted by Gasteiger charge is 2.61. The molecule has 2 fully saturated rings. The first-order valence-electron chi connectivity index (χ1n) is 5.38. The van der Waals surface area contributed by atoms with Gasteiger partial charge in [0, 0.05) is 11.0 Å². The second-order valence-corrected chi connectivity index (χ2v) is 5.03. The Kier molecular flexibility index (Phi) is 1.98. The SMILES string of the molecule is C=C(C)C(=O)OC1(C)CCCC12CC2. The number of carbonyl (C=O) groups is 1. The summed E-state index contributed by atoms with van der Waals surface area (Å²) in [5.74, 6) is -0.222. The molecule has 78 valence electrons. The molecule has 0 aromatic heterocycles. The fraction of sp³-hybridized carbons (Fsp3) is 0.750. The maximum Gasteiger partial charge on any atom is 0.333 e. The molecule has 0 amide bonds. The molecule has 1 atom stereocenters. The summed E-state index contributed by atoms with van der Waals surface area (Å²) in [6.45, 7) is 7.42. The first kappa shape index (κ1) is 9.75. The van der Waals surface area contributed by atoms with E-state index in [4.69, 9.17) is 4.74 Å². The third kappa shape index (κ3) is 1.28. The second-order valence-electron chi connectivity index (χ2n) is 5.03.